The first-order valence-corrected chi connectivity index (χ1v) is 7.95. The number of likely N-dealkylation sites (N-methyl/N-ethyl adjacent to an activating group) is 1. The predicted molar refractivity (Wildman–Crippen MR) is 91.7 cm³/mol. The zero-order chi connectivity index (χ0) is 18.9. The number of hydrogen-bond donors (Lipinski definition) is 1. The van der Waals surface area contributed by atoms with Gasteiger partial charge in [0.2, 0.25) is 6.04 Å². The van der Waals surface area contributed by atoms with E-state index in [9.17, 15) is 14.5 Å². The smallest absolute Gasteiger partial charge is 0.408 e. The van der Waals surface area contributed by atoms with Crippen molar-refractivity contribution in [3.05, 3.63) is 29.2 Å². The number of carbonyl (C=O) groups excluding carboxylic acids is 2. The Balaban J connectivity index is 5.62. The van der Waals surface area contributed by atoms with Crippen LogP contribution in [0.15, 0.2) is 24.3 Å². The fourth-order valence-electron chi connectivity index (χ4n) is 2.09. The van der Waals surface area contributed by atoms with E-state index >= 15 is 0 Å². The first kappa shape index (κ1) is 21.8. The highest BCUT2D eigenvalue weighted by Crippen LogP contribution is 2.13. The molecule has 136 valence electrons. The number of methoxy groups -OCH3 is 1. The van der Waals surface area contributed by atoms with Gasteiger partial charge in [-0.25, -0.2) is 9.59 Å². The van der Waals surface area contributed by atoms with Gasteiger partial charge in [0.1, 0.15) is 11.6 Å². The highest BCUT2D eigenvalue weighted by molar-refractivity contribution is 5.91. The van der Waals surface area contributed by atoms with Crippen molar-refractivity contribution in [1.82, 2.24) is 5.32 Å². The first-order chi connectivity index (χ1) is 11.1. The maximum absolute atomic E-state index is 12.1. The second-order valence-electron chi connectivity index (χ2n) is 6.20. The molecule has 0 fully saturated rings. The van der Waals surface area contributed by atoms with E-state index in [1.54, 1.807) is 27.7 Å². The summed E-state index contributed by atoms with van der Waals surface area (Å²) >= 11 is 0. The minimum Gasteiger partial charge on any atom is -0.465 e. The number of nitroso groups, excluding NO2 is 1. The molecule has 1 amide bonds. The van der Waals surface area contributed by atoms with Crippen molar-refractivity contribution in [2.24, 2.45) is 0 Å². The number of esters is 1. The third-order valence-corrected chi connectivity index (χ3v) is 3.20. The molecule has 0 saturated carbocycles. The topological polar surface area (TPSA) is 84.7 Å². The molecule has 0 radical (unpaired) electrons. The lowest BCUT2D eigenvalue weighted by molar-refractivity contribution is -0.585. The molecule has 0 aliphatic rings. The van der Waals surface area contributed by atoms with Crippen LogP contribution in [0.1, 0.15) is 41.0 Å². The molecule has 0 aliphatic heterocycles. The van der Waals surface area contributed by atoms with Gasteiger partial charge < -0.3 is 14.8 Å². The maximum Gasteiger partial charge on any atom is 0.408 e. The predicted octanol–water partition coefficient (Wildman–Crippen LogP) is 2.74. The van der Waals surface area contributed by atoms with Gasteiger partial charge in [0.25, 0.3) is 0 Å². The number of nitrogens with one attached hydrogen (secondary N) is 1. The summed E-state index contributed by atoms with van der Waals surface area (Å²) in [6.07, 6.45) is 2.60. The van der Waals surface area contributed by atoms with E-state index in [0.29, 0.717) is 6.42 Å². The van der Waals surface area contributed by atoms with Crippen LogP contribution in [0.4, 0.5) is 4.79 Å². The van der Waals surface area contributed by atoms with Crippen LogP contribution in [0.2, 0.25) is 0 Å². The van der Waals surface area contributed by atoms with Gasteiger partial charge in [-0.1, -0.05) is 19.6 Å². The molecule has 2 unspecified atom stereocenters. The van der Waals surface area contributed by atoms with E-state index < -0.39 is 29.7 Å². The molecule has 0 bridgehead atoms. The van der Waals surface area contributed by atoms with Gasteiger partial charge in [0.05, 0.1) is 12.7 Å². The zero-order valence-electron chi connectivity index (χ0n) is 15.4. The van der Waals surface area contributed by atoms with Crippen LogP contribution in [0.3, 0.4) is 0 Å². The Bertz CT molecular complexity index is 506. The normalized spacial score (nSPS) is 14.3. The van der Waals surface area contributed by atoms with Crippen molar-refractivity contribution >= 4 is 12.1 Å². The van der Waals surface area contributed by atoms with Crippen LogP contribution in [0.25, 0.3) is 0 Å². The Morgan fingerprint density at radius 3 is 2.25 bits per heavy atom. The van der Waals surface area contributed by atoms with E-state index in [4.69, 9.17) is 4.74 Å². The Labute approximate surface area is 143 Å². The van der Waals surface area contributed by atoms with Gasteiger partial charge in [0, 0.05) is 16.1 Å². The quantitative estimate of drug-likeness (QED) is 0.318. The van der Waals surface area contributed by atoms with Gasteiger partial charge in [-0.3, -0.25) is 0 Å². The molecular formula is C17H29N2O5+. The summed E-state index contributed by atoms with van der Waals surface area (Å²) in [6.45, 7) is 12.6. The molecule has 0 saturated heterocycles. The van der Waals surface area contributed by atoms with Crippen molar-refractivity contribution in [1.29, 1.82) is 0 Å². The fraction of sp³-hybridized carbons (Fsp3) is 0.647. The van der Waals surface area contributed by atoms with E-state index in [0.717, 1.165) is 4.76 Å². The molecule has 0 rings (SSSR count). The lowest BCUT2D eigenvalue weighted by Crippen LogP contribution is -2.48. The highest BCUT2D eigenvalue weighted by atomic mass is 16.6. The molecule has 0 spiro atoms. The molecule has 0 aromatic heterocycles. The van der Waals surface area contributed by atoms with E-state index in [2.05, 4.69) is 16.6 Å². The van der Waals surface area contributed by atoms with Crippen molar-refractivity contribution in [2.45, 2.75) is 58.7 Å². The lowest BCUT2D eigenvalue weighted by Gasteiger charge is -2.23. The summed E-state index contributed by atoms with van der Waals surface area (Å²) in [5.74, 6) is -0.593. The van der Waals surface area contributed by atoms with E-state index in [1.807, 2.05) is 6.92 Å². The van der Waals surface area contributed by atoms with Crippen molar-refractivity contribution in [2.75, 3.05) is 13.7 Å². The second kappa shape index (κ2) is 9.85. The number of carbonyl (C=O) groups is 2. The van der Waals surface area contributed by atoms with Crippen molar-refractivity contribution in [3.8, 4) is 0 Å². The van der Waals surface area contributed by atoms with Gasteiger partial charge in [0.15, 0.2) is 6.54 Å². The molecule has 0 aliphatic carbocycles. The highest BCUT2D eigenvalue weighted by Gasteiger charge is 2.33. The summed E-state index contributed by atoms with van der Waals surface area (Å²) < 4.78 is 10.8. The summed E-state index contributed by atoms with van der Waals surface area (Å²) in [7, 11) is 1.25. The molecule has 0 aromatic carbocycles. The average molecular weight is 341 g/mol. The number of alkyl carbamates (subject to hydrolysis) is 1. The number of hydrogen-bond acceptors (Lipinski definition) is 5. The van der Waals surface area contributed by atoms with Crippen LogP contribution < -0.4 is 5.32 Å². The van der Waals surface area contributed by atoms with Crippen LogP contribution in [0, 0.1) is 4.91 Å². The monoisotopic (exact) mass is 341 g/mol. The van der Waals surface area contributed by atoms with Gasteiger partial charge in [-0.15, -0.1) is 0 Å². The fourth-order valence-corrected chi connectivity index (χ4v) is 2.09. The minimum absolute atomic E-state index is 0.168. The van der Waals surface area contributed by atoms with Crippen LogP contribution in [0.5, 0.6) is 0 Å². The summed E-state index contributed by atoms with van der Waals surface area (Å²) in [5.41, 5.74) is -0.507. The lowest BCUT2D eigenvalue weighted by atomic mass is 10.0. The third-order valence-electron chi connectivity index (χ3n) is 3.20. The number of rotatable bonds is 8. The standard InChI is InChI=1S/C17H28N2O5/c1-8-12(15(20)23-7)11-13(14(9-2)19(22)10-3)18-16(21)24-17(4,5)6/h8,11,13-14H,1,9-10H2,2-7H3/p+1. The first-order valence-electron chi connectivity index (χ1n) is 7.95. The second-order valence-corrected chi connectivity index (χ2v) is 6.20. The molecule has 0 heterocycles. The number of nitrogens with zero attached hydrogens (tertiary/aromatic N) is 1. The summed E-state index contributed by atoms with van der Waals surface area (Å²) in [5, 5.41) is 2.65. The zero-order valence-corrected chi connectivity index (χ0v) is 15.4. The Kier molecular flexibility index (Phi) is 8.95. The van der Waals surface area contributed by atoms with Crippen LogP contribution in [-0.4, -0.2) is 48.2 Å². The minimum atomic E-state index is -0.727. The Hall–Kier alpha value is -2.18. The summed E-state index contributed by atoms with van der Waals surface area (Å²) in [4.78, 5) is 35.9. The molecule has 7 heteroatoms. The Morgan fingerprint density at radius 1 is 1.29 bits per heavy atom. The largest absolute Gasteiger partial charge is 0.465 e. The SMILES string of the molecule is C=CC(=CC(NC(=O)OC(C)(C)C)C(CC)[N+](=O)CC)C(=O)OC. The number of amides is 1. The van der Waals surface area contributed by atoms with Gasteiger partial charge >= 0.3 is 12.1 Å². The number of ether oxygens (including phenoxy) is 2. The molecular weight excluding hydrogens is 312 g/mol. The van der Waals surface area contributed by atoms with Gasteiger partial charge in [-0.2, -0.15) is 0 Å². The Morgan fingerprint density at radius 2 is 1.88 bits per heavy atom. The average Bonchev–Trinajstić information content (AvgIpc) is 2.49. The summed E-state index contributed by atoms with van der Waals surface area (Å²) in [6, 6.07) is -1.28. The van der Waals surface area contributed by atoms with Crippen LogP contribution >= 0.6 is 0 Å². The van der Waals surface area contributed by atoms with Crippen LogP contribution in [-0.2, 0) is 14.3 Å². The molecule has 1 N–H and O–H groups in total. The molecule has 0 aromatic rings. The molecule has 2 atom stereocenters. The maximum atomic E-state index is 12.1. The van der Waals surface area contributed by atoms with Gasteiger partial charge in [-0.05, 0) is 33.8 Å². The van der Waals surface area contributed by atoms with Crippen molar-refractivity contribution < 1.29 is 23.8 Å². The molecule has 7 nitrogen and oxygen atoms in total. The van der Waals surface area contributed by atoms with E-state index in [1.165, 1.54) is 19.3 Å². The van der Waals surface area contributed by atoms with E-state index in [-0.39, 0.29) is 12.1 Å². The van der Waals surface area contributed by atoms with Crippen molar-refractivity contribution in [3.63, 3.8) is 0 Å². The third kappa shape index (κ3) is 7.39. The molecule has 24 heavy (non-hydrogen) atoms.